The molecule has 8 nitrogen and oxygen atoms in total. The number of aromatic nitrogens is 2. The summed E-state index contributed by atoms with van der Waals surface area (Å²) in [5, 5.41) is 6.07. The molecule has 0 saturated heterocycles. The summed E-state index contributed by atoms with van der Waals surface area (Å²) in [7, 11) is 3.28. The van der Waals surface area contributed by atoms with Crippen molar-refractivity contribution in [3.63, 3.8) is 0 Å². The van der Waals surface area contributed by atoms with Crippen LogP contribution in [-0.2, 0) is 22.5 Å². The van der Waals surface area contributed by atoms with Gasteiger partial charge < -0.3 is 24.7 Å². The molecule has 35 heavy (non-hydrogen) atoms. The molecule has 0 bridgehead atoms. The fraction of sp³-hybridized carbons (Fsp3) is 0.444. The van der Waals surface area contributed by atoms with Crippen molar-refractivity contribution in [2.75, 3.05) is 32.7 Å². The molecule has 1 aliphatic carbocycles. The zero-order valence-electron chi connectivity index (χ0n) is 20.5. The third-order valence-electron chi connectivity index (χ3n) is 6.61. The van der Waals surface area contributed by atoms with E-state index in [9.17, 15) is 9.59 Å². The molecule has 0 unspecified atom stereocenters. The summed E-state index contributed by atoms with van der Waals surface area (Å²) < 4.78 is 12.6. The minimum absolute atomic E-state index is 0.0189. The molecule has 1 saturated carbocycles. The molecular formula is C27H34N4O4. The summed E-state index contributed by atoms with van der Waals surface area (Å²) in [6, 6.07) is 11.4. The normalized spacial score (nSPS) is 14.1. The number of fused-ring (bicyclic) bond motifs is 1. The molecule has 0 spiro atoms. The second kappa shape index (κ2) is 11.8. The van der Waals surface area contributed by atoms with Crippen molar-refractivity contribution in [1.29, 1.82) is 0 Å². The van der Waals surface area contributed by atoms with Gasteiger partial charge >= 0.3 is 0 Å². The zero-order chi connectivity index (χ0) is 24.6. The van der Waals surface area contributed by atoms with E-state index in [4.69, 9.17) is 9.47 Å². The van der Waals surface area contributed by atoms with Crippen LogP contribution in [0, 0.1) is 5.92 Å². The van der Waals surface area contributed by atoms with Gasteiger partial charge in [-0.05, 0) is 43.0 Å². The number of hydrogen-bond acceptors (Lipinski definition) is 5. The lowest BCUT2D eigenvalue weighted by Gasteiger charge is -2.21. The second-order valence-corrected chi connectivity index (χ2v) is 8.96. The van der Waals surface area contributed by atoms with Gasteiger partial charge in [0, 0.05) is 31.8 Å². The first-order valence-corrected chi connectivity index (χ1v) is 12.3. The van der Waals surface area contributed by atoms with Crippen molar-refractivity contribution >= 4 is 28.5 Å². The lowest BCUT2D eigenvalue weighted by molar-refractivity contribution is -0.120. The van der Waals surface area contributed by atoms with Crippen molar-refractivity contribution in [2.45, 2.75) is 45.1 Å². The van der Waals surface area contributed by atoms with E-state index in [1.165, 1.54) is 6.42 Å². The SMILES string of the molecule is COCCn1cnc2cc(NC(=O)C3CCCCC3)cc(C(=O)NCCc3ccccc3OC)c21. The Morgan fingerprint density at radius 1 is 1.11 bits per heavy atom. The van der Waals surface area contributed by atoms with E-state index in [0.29, 0.717) is 42.9 Å². The number of amides is 2. The average molecular weight is 479 g/mol. The Kier molecular flexibility index (Phi) is 8.36. The average Bonchev–Trinajstić information content (AvgIpc) is 3.30. The van der Waals surface area contributed by atoms with Crippen LogP contribution in [0.3, 0.4) is 0 Å². The molecule has 8 heteroatoms. The zero-order valence-corrected chi connectivity index (χ0v) is 20.5. The maximum atomic E-state index is 13.3. The summed E-state index contributed by atoms with van der Waals surface area (Å²) in [4.78, 5) is 30.7. The van der Waals surface area contributed by atoms with E-state index >= 15 is 0 Å². The maximum Gasteiger partial charge on any atom is 0.253 e. The number of anilines is 1. The molecule has 186 valence electrons. The summed E-state index contributed by atoms with van der Waals surface area (Å²) in [5.41, 5.74) is 3.50. The molecule has 2 aromatic carbocycles. The molecule has 3 aromatic rings. The Morgan fingerprint density at radius 2 is 1.91 bits per heavy atom. The Morgan fingerprint density at radius 3 is 2.69 bits per heavy atom. The number of ether oxygens (including phenoxy) is 2. The highest BCUT2D eigenvalue weighted by atomic mass is 16.5. The number of carbonyl (C=O) groups is 2. The Balaban J connectivity index is 1.55. The summed E-state index contributed by atoms with van der Waals surface area (Å²) in [5.74, 6) is 0.634. The standard InChI is InChI=1S/C27H34N4O4/c1-34-15-14-31-18-29-23-17-21(30-26(32)20-9-4-3-5-10-20)16-22(25(23)31)27(33)28-13-12-19-8-6-7-11-24(19)35-2/h6-8,11,16-18,20H,3-5,9-10,12-15H2,1-2H3,(H,28,33)(H,30,32). The monoisotopic (exact) mass is 478 g/mol. The van der Waals surface area contributed by atoms with Gasteiger partial charge in [-0.1, -0.05) is 37.5 Å². The van der Waals surface area contributed by atoms with Crippen LogP contribution in [0.15, 0.2) is 42.7 Å². The van der Waals surface area contributed by atoms with Crippen molar-refractivity contribution in [3.8, 4) is 5.75 Å². The quantitative estimate of drug-likeness (QED) is 0.456. The highest BCUT2D eigenvalue weighted by Crippen LogP contribution is 2.28. The molecular weight excluding hydrogens is 444 g/mol. The molecule has 1 heterocycles. The minimum atomic E-state index is -0.210. The number of carbonyl (C=O) groups excluding carboxylic acids is 2. The van der Waals surface area contributed by atoms with Crippen LogP contribution in [0.5, 0.6) is 5.75 Å². The van der Waals surface area contributed by atoms with Crippen LogP contribution < -0.4 is 15.4 Å². The van der Waals surface area contributed by atoms with E-state index in [0.717, 1.165) is 42.5 Å². The third-order valence-corrected chi connectivity index (χ3v) is 6.61. The van der Waals surface area contributed by atoms with Crippen LogP contribution >= 0.6 is 0 Å². The summed E-state index contributed by atoms with van der Waals surface area (Å²) in [6.45, 7) is 1.52. The van der Waals surface area contributed by atoms with Gasteiger partial charge in [0.15, 0.2) is 0 Å². The fourth-order valence-electron chi connectivity index (χ4n) is 4.74. The van der Waals surface area contributed by atoms with Crippen LogP contribution in [0.1, 0.15) is 48.0 Å². The Bertz CT molecular complexity index is 1170. The molecule has 2 N–H and O–H groups in total. The van der Waals surface area contributed by atoms with E-state index in [-0.39, 0.29) is 17.7 Å². The number of methoxy groups -OCH3 is 2. The first-order valence-electron chi connectivity index (χ1n) is 12.3. The second-order valence-electron chi connectivity index (χ2n) is 8.96. The Labute approximate surface area is 206 Å². The van der Waals surface area contributed by atoms with E-state index in [1.54, 1.807) is 26.6 Å². The lowest BCUT2D eigenvalue weighted by Crippen LogP contribution is -2.27. The first kappa shape index (κ1) is 24.7. The van der Waals surface area contributed by atoms with Gasteiger partial charge in [-0.3, -0.25) is 9.59 Å². The van der Waals surface area contributed by atoms with E-state index < -0.39 is 0 Å². The van der Waals surface area contributed by atoms with Gasteiger partial charge in [-0.2, -0.15) is 0 Å². The minimum Gasteiger partial charge on any atom is -0.496 e. The largest absolute Gasteiger partial charge is 0.496 e. The molecule has 1 aliphatic rings. The predicted molar refractivity (Wildman–Crippen MR) is 136 cm³/mol. The Hall–Kier alpha value is -3.39. The summed E-state index contributed by atoms with van der Waals surface area (Å²) >= 11 is 0. The molecule has 2 amide bonds. The van der Waals surface area contributed by atoms with Gasteiger partial charge in [0.1, 0.15) is 5.75 Å². The van der Waals surface area contributed by atoms with Gasteiger partial charge in [0.05, 0.1) is 36.6 Å². The predicted octanol–water partition coefficient (Wildman–Crippen LogP) is 4.18. The number of para-hydroxylation sites is 1. The van der Waals surface area contributed by atoms with Gasteiger partial charge in [0.2, 0.25) is 5.91 Å². The van der Waals surface area contributed by atoms with Crippen LogP contribution in [0.25, 0.3) is 11.0 Å². The molecule has 0 radical (unpaired) electrons. The van der Waals surface area contributed by atoms with Crippen LogP contribution in [0.2, 0.25) is 0 Å². The number of nitrogens with one attached hydrogen (secondary N) is 2. The first-order chi connectivity index (χ1) is 17.1. The topological polar surface area (TPSA) is 94.5 Å². The van der Waals surface area contributed by atoms with Crippen molar-refractivity contribution < 1.29 is 19.1 Å². The molecule has 1 fully saturated rings. The van der Waals surface area contributed by atoms with E-state index in [1.807, 2.05) is 34.9 Å². The molecule has 0 aliphatic heterocycles. The molecule has 4 rings (SSSR count). The highest BCUT2D eigenvalue weighted by Gasteiger charge is 2.23. The third kappa shape index (κ3) is 6.00. The van der Waals surface area contributed by atoms with Gasteiger partial charge in [-0.25, -0.2) is 4.98 Å². The maximum absolute atomic E-state index is 13.3. The highest BCUT2D eigenvalue weighted by molar-refractivity contribution is 6.07. The van der Waals surface area contributed by atoms with Crippen molar-refractivity contribution in [3.05, 3.63) is 53.9 Å². The number of nitrogens with zero attached hydrogens (tertiary/aromatic N) is 2. The van der Waals surface area contributed by atoms with Crippen molar-refractivity contribution in [2.24, 2.45) is 5.92 Å². The number of benzene rings is 2. The van der Waals surface area contributed by atoms with E-state index in [2.05, 4.69) is 15.6 Å². The number of hydrogen-bond donors (Lipinski definition) is 2. The van der Waals surface area contributed by atoms with Crippen LogP contribution in [-0.4, -0.2) is 48.7 Å². The van der Waals surface area contributed by atoms with Crippen molar-refractivity contribution in [1.82, 2.24) is 14.9 Å². The number of rotatable bonds is 10. The molecule has 0 atom stereocenters. The number of imidazole rings is 1. The fourth-order valence-corrected chi connectivity index (χ4v) is 4.74. The summed E-state index contributed by atoms with van der Waals surface area (Å²) in [6.07, 6.45) is 7.53. The molecule has 1 aromatic heterocycles. The van der Waals surface area contributed by atoms with Crippen LogP contribution in [0.4, 0.5) is 5.69 Å². The van der Waals surface area contributed by atoms with Gasteiger partial charge in [0.25, 0.3) is 5.91 Å². The van der Waals surface area contributed by atoms with Gasteiger partial charge in [-0.15, -0.1) is 0 Å². The lowest BCUT2D eigenvalue weighted by atomic mass is 9.88. The smallest absolute Gasteiger partial charge is 0.253 e.